The van der Waals surface area contributed by atoms with Gasteiger partial charge in [0.25, 0.3) is 0 Å². The Kier molecular flexibility index (Phi) is 3.07. The summed E-state index contributed by atoms with van der Waals surface area (Å²) in [5.41, 5.74) is 6.15. The van der Waals surface area contributed by atoms with Crippen LogP contribution >= 0.6 is 0 Å². The van der Waals surface area contributed by atoms with Crippen molar-refractivity contribution in [1.82, 2.24) is 0 Å². The molecule has 1 aromatic carbocycles. The Hall–Kier alpha value is -1.35. The van der Waals surface area contributed by atoms with Crippen molar-refractivity contribution in [3.05, 3.63) is 29.8 Å². The van der Waals surface area contributed by atoms with E-state index in [0.29, 0.717) is 5.56 Å². The van der Waals surface area contributed by atoms with Crippen LogP contribution < -0.4 is 10.5 Å². The molecule has 5 rings (SSSR count). The summed E-state index contributed by atoms with van der Waals surface area (Å²) in [7, 11) is 0. The minimum Gasteiger partial charge on any atom is -0.487 e. The normalized spacial score (nSPS) is 36.7. The van der Waals surface area contributed by atoms with Crippen molar-refractivity contribution >= 4 is 5.78 Å². The van der Waals surface area contributed by atoms with E-state index in [1.54, 1.807) is 0 Å². The Labute approximate surface area is 125 Å². The summed E-state index contributed by atoms with van der Waals surface area (Å²) in [6.07, 6.45) is 7.94. The summed E-state index contributed by atoms with van der Waals surface area (Å²) in [6.45, 7) is 0.0647. The highest BCUT2D eigenvalue weighted by Crippen LogP contribution is 2.56. The van der Waals surface area contributed by atoms with Crippen LogP contribution in [-0.2, 0) is 0 Å². The molecule has 0 aromatic heterocycles. The third kappa shape index (κ3) is 2.38. The van der Waals surface area contributed by atoms with Gasteiger partial charge < -0.3 is 10.5 Å². The van der Waals surface area contributed by atoms with E-state index in [1.165, 1.54) is 38.5 Å². The molecule has 1 aromatic rings. The summed E-state index contributed by atoms with van der Waals surface area (Å²) in [5.74, 6) is 3.54. The number of hydrogen-bond donors (Lipinski definition) is 1. The SMILES string of the molecule is NCC(=O)c1ccc(OC23CC4CC(CC(C4)C2)C3)cc1. The highest BCUT2D eigenvalue weighted by molar-refractivity contribution is 5.97. The van der Waals surface area contributed by atoms with E-state index in [-0.39, 0.29) is 17.9 Å². The van der Waals surface area contributed by atoms with Gasteiger partial charge in [0.15, 0.2) is 5.78 Å². The van der Waals surface area contributed by atoms with Crippen molar-refractivity contribution in [2.75, 3.05) is 6.54 Å². The molecule has 4 aliphatic rings. The molecule has 112 valence electrons. The van der Waals surface area contributed by atoms with Crippen LogP contribution in [0, 0.1) is 17.8 Å². The number of ketones is 1. The van der Waals surface area contributed by atoms with Gasteiger partial charge in [-0.15, -0.1) is 0 Å². The first-order valence-corrected chi connectivity index (χ1v) is 8.18. The van der Waals surface area contributed by atoms with Gasteiger partial charge in [-0.05, 0) is 80.5 Å². The van der Waals surface area contributed by atoms with Crippen LogP contribution in [0.5, 0.6) is 5.75 Å². The van der Waals surface area contributed by atoms with Crippen LogP contribution in [0.2, 0.25) is 0 Å². The fourth-order valence-corrected chi connectivity index (χ4v) is 5.23. The number of benzene rings is 1. The average molecular weight is 285 g/mol. The molecule has 3 nitrogen and oxygen atoms in total. The fourth-order valence-electron chi connectivity index (χ4n) is 5.23. The molecular formula is C18H23NO2. The lowest BCUT2D eigenvalue weighted by Crippen LogP contribution is -2.53. The van der Waals surface area contributed by atoms with Gasteiger partial charge in [0.1, 0.15) is 11.4 Å². The topological polar surface area (TPSA) is 52.3 Å². The molecule has 4 bridgehead atoms. The maximum atomic E-state index is 11.6. The lowest BCUT2D eigenvalue weighted by atomic mass is 9.54. The van der Waals surface area contributed by atoms with E-state index in [0.717, 1.165) is 23.5 Å². The molecule has 0 atom stereocenters. The number of rotatable bonds is 4. The highest BCUT2D eigenvalue weighted by Gasteiger charge is 2.52. The molecule has 0 unspecified atom stereocenters. The number of carbonyl (C=O) groups is 1. The molecular weight excluding hydrogens is 262 g/mol. The van der Waals surface area contributed by atoms with Crippen molar-refractivity contribution in [1.29, 1.82) is 0 Å². The first-order valence-electron chi connectivity index (χ1n) is 8.18. The zero-order chi connectivity index (χ0) is 14.4. The minimum atomic E-state index is -0.0173. The van der Waals surface area contributed by atoms with Crippen LogP contribution in [0.1, 0.15) is 48.9 Å². The van der Waals surface area contributed by atoms with Gasteiger partial charge in [-0.25, -0.2) is 0 Å². The standard InChI is InChI=1S/C18H23NO2/c19-11-17(20)15-1-3-16(4-2-15)21-18-8-12-5-13(9-18)7-14(6-12)10-18/h1-4,12-14H,5-11,19H2. The summed E-state index contributed by atoms with van der Waals surface area (Å²) < 4.78 is 6.44. The maximum Gasteiger partial charge on any atom is 0.176 e. The van der Waals surface area contributed by atoms with Crippen molar-refractivity contribution < 1.29 is 9.53 Å². The Balaban J connectivity index is 1.52. The molecule has 4 fully saturated rings. The van der Waals surface area contributed by atoms with Gasteiger partial charge in [0.05, 0.1) is 6.54 Å². The summed E-state index contributed by atoms with van der Waals surface area (Å²) in [6, 6.07) is 7.54. The molecule has 3 heteroatoms. The van der Waals surface area contributed by atoms with Crippen molar-refractivity contribution in [3.63, 3.8) is 0 Å². The second-order valence-corrected chi connectivity index (χ2v) is 7.35. The second-order valence-electron chi connectivity index (χ2n) is 7.35. The van der Waals surface area contributed by atoms with Gasteiger partial charge in [-0.2, -0.15) is 0 Å². The monoisotopic (exact) mass is 285 g/mol. The van der Waals surface area contributed by atoms with Crippen LogP contribution in [0.4, 0.5) is 0 Å². The van der Waals surface area contributed by atoms with Gasteiger partial charge in [-0.1, -0.05) is 0 Å². The van der Waals surface area contributed by atoms with E-state index in [9.17, 15) is 4.79 Å². The number of nitrogens with two attached hydrogens (primary N) is 1. The molecule has 0 aliphatic heterocycles. The zero-order valence-electron chi connectivity index (χ0n) is 12.4. The predicted molar refractivity (Wildman–Crippen MR) is 81.4 cm³/mol. The molecule has 0 heterocycles. The molecule has 4 aliphatic carbocycles. The summed E-state index contributed by atoms with van der Waals surface area (Å²) in [4.78, 5) is 11.6. The number of Topliss-reactive ketones (excluding diaryl/α,β-unsaturated/α-hetero) is 1. The maximum absolute atomic E-state index is 11.6. The number of carbonyl (C=O) groups excluding carboxylic acids is 1. The largest absolute Gasteiger partial charge is 0.487 e. The quantitative estimate of drug-likeness (QED) is 0.864. The van der Waals surface area contributed by atoms with Crippen LogP contribution in [0.3, 0.4) is 0 Å². The minimum absolute atomic E-state index is 0.0173. The number of hydrogen-bond acceptors (Lipinski definition) is 3. The Bertz CT molecular complexity index is 514. The molecule has 0 saturated heterocycles. The Morgan fingerprint density at radius 1 is 1.05 bits per heavy atom. The molecule has 2 N–H and O–H groups in total. The molecule has 0 amide bonds. The van der Waals surface area contributed by atoms with Crippen LogP contribution in [0.15, 0.2) is 24.3 Å². The lowest BCUT2D eigenvalue weighted by molar-refractivity contribution is -0.107. The van der Waals surface area contributed by atoms with Gasteiger partial charge in [-0.3, -0.25) is 4.79 Å². The predicted octanol–water partition coefficient (Wildman–Crippen LogP) is 3.18. The molecule has 4 saturated carbocycles. The first-order chi connectivity index (χ1) is 10.2. The smallest absolute Gasteiger partial charge is 0.176 e. The van der Waals surface area contributed by atoms with Gasteiger partial charge in [0, 0.05) is 5.56 Å². The van der Waals surface area contributed by atoms with E-state index in [4.69, 9.17) is 10.5 Å². The fraction of sp³-hybridized carbons (Fsp3) is 0.611. The van der Waals surface area contributed by atoms with E-state index in [1.807, 2.05) is 24.3 Å². The summed E-state index contributed by atoms with van der Waals surface area (Å²) in [5, 5.41) is 0. The van der Waals surface area contributed by atoms with Crippen LogP contribution in [0.25, 0.3) is 0 Å². The average Bonchev–Trinajstić information content (AvgIpc) is 2.45. The van der Waals surface area contributed by atoms with Gasteiger partial charge >= 0.3 is 0 Å². The van der Waals surface area contributed by atoms with Crippen molar-refractivity contribution in [3.8, 4) is 5.75 Å². The molecule has 0 spiro atoms. The van der Waals surface area contributed by atoms with Crippen molar-refractivity contribution in [2.45, 2.75) is 44.1 Å². The zero-order valence-corrected chi connectivity index (χ0v) is 12.4. The molecule has 0 radical (unpaired) electrons. The van der Waals surface area contributed by atoms with Crippen molar-refractivity contribution in [2.24, 2.45) is 23.5 Å². The third-order valence-electron chi connectivity index (χ3n) is 5.68. The first kappa shape index (κ1) is 13.3. The highest BCUT2D eigenvalue weighted by atomic mass is 16.5. The molecule has 21 heavy (non-hydrogen) atoms. The van der Waals surface area contributed by atoms with E-state index in [2.05, 4.69) is 0 Å². The second kappa shape index (κ2) is 4.84. The van der Waals surface area contributed by atoms with E-state index >= 15 is 0 Å². The van der Waals surface area contributed by atoms with E-state index < -0.39 is 0 Å². The summed E-state index contributed by atoms with van der Waals surface area (Å²) >= 11 is 0. The lowest BCUT2D eigenvalue weighted by Gasteiger charge is -2.56. The van der Waals surface area contributed by atoms with Crippen LogP contribution in [-0.4, -0.2) is 17.9 Å². The third-order valence-corrected chi connectivity index (χ3v) is 5.68. The Morgan fingerprint density at radius 2 is 1.57 bits per heavy atom. The van der Waals surface area contributed by atoms with Gasteiger partial charge in [0.2, 0.25) is 0 Å². The number of ether oxygens (including phenoxy) is 1. The Morgan fingerprint density at radius 3 is 2.05 bits per heavy atom.